The summed E-state index contributed by atoms with van der Waals surface area (Å²) < 4.78 is 10.5. The molecule has 1 N–H and O–H groups in total. The maximum atomic E-state index is 12.5. The minimum absolute atomic E-state index is 0.167. The lowest BCUT2D eigenvalue weighted by Crippen LogP contribution is -2.18. The van der Waals surface area contributed by atoms with Crippen LogP contribution in [0.25, 0.3) is 0 Å². The summed E-state index contributed by atoms with van der Waals surface area (Å²) in [6.07, 6.45) is 2.55. The van der Waals surface area contributed by atoms with Gasteiger partial charge in [-0.05, 0) is 61.8 Å². The number of nitrogens with zero attached hydrogens (tertiary/aromatic N) is 1. The van der Waals surface area contributed by atoms with Crippen molar-refractivity contribution in [3.05, 3.63) is 53.6 Å². The van der Waals surface area contributed by atoms with Crippen LogP contribution in [-0.4, -0.2) is 38.1 Å². The Morgan fingerprint density at radius 3 is 2.52 bits per heavy atom. The first-order chi connectivity index (χ1) is 12.2. The number of anilines is 1. The fourth-order valence-electron chi connectivity index (χ4n) is 3.13. The summed E-state index contributed by atoms with van der Waals surface area (Å²) in [4.78, 5) is 15.0. The van der Waals surface area contributed by atoms with Crippen LogP contribution in [0, 0.1) is 0 Å². The van der Waals surface area contributed by atoms with Crippen LogP contribution in [-0.2, 0) is 6.54 Å². The van der Waals surface area contributed by atoms with Crippen LogP contribution in [0.4, 0.5) is 5.69 Å². The third-order valence-corrected chi connectivity index (χ3v) is 4.44. The number of hydrogen-bond donors (Lipinski definition) is 1. The average molecular weight is 340 g/mol. The minimum atomic E-state index is -0.167. The van der Waals surface area contributed by atoms with Crippen LogP contribution < -0.4 is 14.8 Å². The Morgan fingerprint density at radius 1 is 1.04 bits per heavy atom. The Labute approximate surface area is 148 Å². The maximum absolute atomic E-state index is 12.5. The standard InChI is InChI=1S/C20H24N2O3/c1-24-18-9-8-16(13-19(18)25-2)20(23)21-17-7-5-6-15(12-17)14-22-10-3-4-11-22/h5-9,12-13H,3-4,10-11,14H2,1-2H3,(H,21,23). The molecule has 0 bridgehead atoms. The van der Waals surface area contributed by atoms with Crippen molar-refractivity contribution < 1.29 is 14.3 Å². The number of rotatable bonds is 6. The Balaban J connectivity index is 1.70. The molecule has 1 fully saturated rings. The van der Waals surface area contributed by atoms with Crippen LogP contribution in [0.2, 0.25) is 0 Å². The molecule has 1 saturated heterocycles. The van der Waals surface area contributed by atoms with Crippen molar-refractivity contribution in [2.75, 3.05) is 32.6 Å². The van der Waals surface area contributed by atoms with Gasteiger partial charge in [-0.25, -0.2) is 0 Å². The largest absolute Gasteiger partial charge is 0.493 e. The molecule has 0 spiro atoms. The van der Waals surface area contributed by atoms with E-state index in [9.17, 15) is 4.79 Å². The molecular weight excluding hydrogens is 316 g/mol. The topological polar surface area (TPSA) is 50.8 Å². The van der Waals surface area contributed by atoms with E-state index >= 15 is 0 Å². The smallest absolute Gasteiger partial charge is 0.255 e. The molecule has 2 aromatic carbocycles. The van der Waals surface area contributed by atoms with Crippen molar-refractivity contribution >= 4 is 11.6 Å². The van der Waals surface area contributed by atoms with E-state index in [0.717, 1.165) is 25.3 Å². The molecule has 5 heteroatoms. The Kier molecular flexibility index (Phi) is 5.56. The number of amides is 1. The first-order valence-corrected chi connectivity index (χ1v) is 8.54. The molecule has 0 radical (unpaired) electrons. The second kappa shape index (κ2) is 8.03. The van der Waals surface area contributed by atoms with Gasteiger partial charge in [0, 0.05) is 17.8 Å². The molecule has 1 amide bonds. The molecule has 1 aliphatic heterocycles. The van der Waals surface area contributed by atoms with Gasteiger partial charge in [-0.2, -0.15) is 0 Å². The van der Waals surface area contributed by atoms with Gasteiger partial charge in [0.15, 0.2) is 11.5 Å². The lowest BCUT2D eigenvalue weighted by Gasteiger charge is -2.15. The highest BCUT2D eigenvalue weighted by atomic mass is 16.5. The summed E-state index contributed by atoms with van der Waals surface area (Å²) in [6, 6.07) is 13.2. The maximum Gasteiger partial charge on any atom is 0.255 e. The van der Waals surface area contributed by atoms with E-state index in [2.05, 4.69) is 16.3 Å². The monoisotopic (exact) mass is 340 g/mol. The normalized spacial score (nSPS) is 14.3. The van der Waals surface area contributed by atoms with Crippen molar-refractivity contribution in [3.63, 3.8) is 0 Å². The highest BCUT2D eigenvalue weighted by molar-refractivity contribution is 6.04. The molecule has 132 valence electrons. The highest BCUT2D eigenvalue weighted by Crippen LogP contribution is 2.28. The predicted octanol–water partition coefficient (Wildman–Crippen LogP) is 3.55. The van der Waals surface area contributed by atoms with Gasteiger partial charge >= 0.3 is 0 Å². The zero-order valence-electron chi connectivity index (χ0n) is 14.7. The molecule has 1 aliphatic rings. The van der Waals surface area contributed by atoms with Crippen molar-refractivity contribution in [3.8, 4) is 11.5 Å². The summed E-state index contributed by atoms with van der Waals surface area (Å²) in [5, 5.41) is 2.96. The number of carbonyl (C=O) groups excluding carboxylic acids is 1. The zero-order chi connectivity index (χ0) is 17.6. The summed E-state index contributed by atoms with van der Waals surface area (Å²) in [5.41, 5.74) is 2.55. The average Bonchev–Trinajstić information content (AvgIpc) is 3.14. The second-order valence-corrected chi connectivity index (χ2v) is 6.21. The number of hydrogen-bond acceptors (Lipinski definition) is 4. The first-order valence-electron chi connectivity index (χ1n) is 8.54. The van der Waals surface area contributed by atoms with E-state index < -0.39 is 0 Å². The molecular formula is C20H24N2O3. The molecule has 25 heavy (non-hydrogen) atoms. The number of nitrogens with one attached hydrogen (secondary N) is 1. The Bertz CT molecular complexity index is 739. The molecule has 1 heterocycles. The summed E-state index contributed by atoms with van der Waals surface area (Å²) in [5.74, 6) is 0.976. The van der Waals surface area contributed by atoms with E-state index in [1.54, 1.807) is 32.4 Å². The summed E-state index contributed by atoms with van der Waals surface area (Å²) in [6.45, 7) is 3.24. The van der Waals surface area contributed by atoms with Gasteiger partial charge in [0.25, 0.3) is 5.91 Å². The minimum Gasteiger partial charge on any atom is -0.493 e. The van der Waals surface area contributed by atoms with E-state index in [1.165, 1.54) is 18.4 Å². The number of carbonyl (C=O) groups is 1. The van der Waals surface area contributed by atoms with Crippen molar-refractivity contribution in [2.45, 2.75) is 19.4 Å². The van der Waals surface area contributed by atoms with Crippen molar-refractivity contribution in [2.24, 2.45) is 0 Å². The number of likely N-dealkylation sites (tertiary alicyclic amines) is 1. The van der Waals surface area contributed by atoms with Crippen LogP contribution in [0.3, 0.4) is 0 Å². The third kappa shape index (κ3) is 4.31. The number of ether oxygens (including phenoxy) is 2. The SMILES string of the molecule is COc1ccc(C(=O)Nc2cccc(CN3CCCC3)c2)cc1OC. The molecule has 0 unspecified atom stereocenters. The second-order valence-electron chi connectivity index (χ2n) is 6.21. The molecule has 2 aromatic rings. The quantitative estimate of drug-likeness (QED) is 0.874. The Hall–Kier alpha value is -2.53. The Morgan fingerprint density at radius 2 is 1.80 bits per heavy atom. The van der Waals surface area contributed by atoms with Crippen molar-refractivity contribution in [1.82, 2.24) is 4.90 Å². The molecule has 3 rings (SSSR count). The van der Waals surface area contributed by atoms with Crippen LogP contribution in [0.15, 0.2) is 42.5 Å². The highest BCUT2D eigenvalue weighted by Gasteiger charge is 2.13. The molecule has 0 saturated carbocycles. The van der Waals surface area contributed by atoms with Gasteiger partial charge in [-0.1, -0.05) is 12.1 Å². The van der Waals surface area contributed by atoms with E-state index in [4.69, 9.17) is 9.47 Å². The lowest BCUT2D eigenvalue weighted by atomic mass is 10.1. The van der Waals surface area contributed by atoms with E-state index in [-0.39, 0.29) is 5.91 Å². The number of benzene rings is 2. The zero-order valence-corrected chi connectivity index (χ0v) is 14.7. The van der Waals surface area contributed by atoms with Crippen molar-refractivity contribution in [1.29, 1.82) is 0 Å². The lowest BCUT2D eigenvalue weighted by molar-refractivity contribution is 0.102. The van der Waals surface area contributed by atoms with Gasteiger partial charge in [-0.15, -0.1) is 0 Å². The predicted molar refractivity (Wildman–Crippen MR) is 98.5 cm³/mol. The van der Waals surface area contributed by atoms with Gasteiger partial charge in [0.2, 0.25) is 0 Å². The van der Waals surface area contributed by atoms with E-state index in [0.29, 0.717) is 17.1 Å². The summed E-state index contributed by atoms with van der Waals surface area (Å²) >= 11 is 0. The van der Waals surface area contributed by atoms with Gasteiger partial charge in [-0.3, -0.25) is 9.69 Å². The first kappa shape index (κ1) is 17.3. The van der Waals surface area contributed by atoms with Crippen LogP contribution in [0.5, 0.6) is 11.5 Å². The molecule has 0 aliphatic carbocycles. The van der Waals surface area contributed by atoms with Crippen LogP contribution in [0.1, 0.15) is 28.8 Å². The van der Waals surface area contributed by atoms with Gasteiger partial charge in [0.05, 0.1) is 14.2 Å². The van der Waals surface area contributed by atoms with Crippen LogP contribution >= 0.6 is 0 Å². The van der Waals surface area contributed by atoms with E-state index in [1.807, 2.05) is 18.2 Å². The fraction of sp³-hybridized carbons (Fsp3) is 0.350. The number of methoxy groups -OCH3 is 2. The third-order valence-electron chi connectivity index (χ3n) is 4.44. The summed E-state index contributed by atoms with van der Waals surface area (Å²) in [7, 11) is 3.13. The van der Waals surface area contributed by atoms with Gasteiger partial charge < -0.3 is 14.8 Å². The fourth-order valence-corrected chi connectivity index (χ4v) is 3.13. The van der Waals surface area contributed by atoms with Gasteiger partial charge in [0.1, 0.15) is 0 Å². The molecule has 0 aromatic heterocycles. The molecule has 5 nitrogen and oxygen atoms in total. The molecule has 0 atom stereocenters.